The zero-order valence-electron chi connectivity index (χ0n) is 18.1. The van der Waals surface area contributed by atoms with Crippen LogP contribution in [0.3, 0.4) is 0 Å². The van der Waals surface area contributed by atoms with Crippen LogP contribution in [0.2, 0.25) is 0 Å². The highest BCUT2D eigenvalue weighted by molar-refractivity contribution is 9.10. The first-order valence-electron chi connectivity index (χ1n) is 10.4. The van der Waals surface area contributed by atoms with Crippen molar-refractivity contribution in [3.8, 4) is 11.8 Å². The Bertz CT molecular complexity index is 1250. The van der Waals surface area contributed by atoms with Gasteiger partial charge in [-0.15, -0.1) is 0 Å². The molecule has 1 aliphatic rings. The molecule has 10 heteroatoms. The SMILES string of the molecule is CC(Oc1cc(Br)cnc1N)c1cc(F)ccc1C(=O)N1CCCC1c1cc(C#N)n(C)n1. The van der Waals surface area contributed by atoms with Crippen molar-refractivity contribution in [2.24, 2.45) is 7.05 Å². The van der Waals surface area contributed by atoms with Crippen LogP contribution in [-0.2, 0) is 7.05 Å². The number of pyridine rings is 1. The van der Waals surface area contributed by atoms with Crippen molar-refractivity contribution in [1.29, 1.82) is 5.26 Å². The lowest BCUT2D eigenvalue weighted by molar-refractivity contribution is 0.0727. The van der Waals surface area contributed by atoms with Gasteiger partial charge in [-0.05, 0) is 66.0 Å². The van der Waals surface area contributed by atoms with E-state index in [4.69, 9.17) is 10.5 Å². The highest BCUT2D eigenvalue weighted by Gasteiger charge is 2.34. The van der Waals surface area contributed by atoms with E-state index in [2.05, 4.69) is 32.1 Å². The van der Waals surface area contributed by atoms with E-state index in [-0.39, 0.29) is 17.8 Å². The number of ether oxygens (including phenoxy) is 1. The summed E-state index contributed by atoms with van der Waals surface area (Å²) in [6, 6.07) is 9.26. The van der Waals surface area contributed by atoms with Crippen LogP contribution >= 0.6 is 15.9 Å². The highest BCUT2D eigenvalue weighted by Crippen LogP contribution is 2.35. The Morgan fingerprint density at radius 3 is 2.91 bits per heavy atom. The molecule has 3 aromatic rings. The largest absolute Gasteiger partial charge is 0.482 e. The summed E-state index contributed by atoms with van der Waals surface area (Å²) in [7, 11) is 1.70. The van der Waals surface area contributed by atoms with E-state index in [0.717, 1.165) is 12.8 Å². The van der Waals surface area contributed by atoms with Crippen LogP contribution in [0.15, 0.2) is 41.0 Å². The molecule has 1 fully saturated rings. The Balaban J connectivity index is 1.65. The average Bonchev–Trinajstić information content (AvgIpc) is 3.42. The first-order valence-corrected chi connectivity index (χ1v) is 11.2. The van der Waals surface area contributed by atoms with Gasteiger partial charge in [-0.2, -0.15) is 10.4 Å². The lowest BCUT2D eigenvalue weighted by Crippen LogP contribution is -2.32. The molecule has 170 valence electrons. The number of anilines is 1. The Kier molecular flexibility index (Phi) is 6.33. The first-order chi connectivity index (χ1) is 15.8. The van der Waals surface area contributed by atoms with Gasteiger partial charge in [-0.3, -0.25) is 9.48 Å². The Labute approximate surface area is 198 Å². The first kappa shape index (κ1) is 22.7. The maximum absolute atomic E-state index is 14.2. The molecule has 2 N–H and O–H groups in total. The van der Waals surface area contributed by atoms with Crippen molar-refractivity contribution >= 4 is 27.7 Å². The molecule has 0 bridgehead atoms. The smallest absolute Gasteiger partial charge is 0.254 e. The van der Waals surface area contributed by atoms with Crippen molar-refractivity contribution < 1.29 is 13.9 Å². The maximum atomic E-state index is 14.2. The third-order valence-electron chi connectivity index (χ3n) is 5.70. The van der Waals surface area contributed by atoms with E-state index in [9.17, 15) is 14.4 Å². The second-order valence-corrected chi connectivity index (χ2v) is 8.79. The number of nitrogen functional groups attached to an aromatic ring is 1. The van der Waals surface area contributed by atoms with Gasteiger partial charge in [0, 0.05) is 35.4 Å². The Morgan fingerprint density at radius 2 is 2.18 bits per heavy atom. The summed E-state index contributed by atoms with van der Waals surface area (Å²) in [6.45, 7) is 2.27. The van der Waals surface area contributed by atoms with E-state index in [1.165, 1.54) is 22.9 Å². The number of nitriles is 1. The van der Waals surface area contributed by atoms with Crippen molar-refractivity contribution in [2.45, 2.75) is 31.9 Å². The monoisotopic (exact) mass is 512 g/mol. The number of hydrogen-bond acceptors (Lipinski definition) is 6. The normalized spacial score (nSPS) is 16.5. The molecule has 1 aliphatic heterocycles. The summed E-state index contributed by atoms with van der Waals surface area (Å²) in [4.78, 5) is 19.4. The van der Waals surface area contributed by atoms with Gasteiger partial charge >= 0.3 is 0 Å². The predicted molar refractivity (Wildman–Crippen MR) is 123 cm³/mol. The number of benzene rings is 1. The molecular formula is C23H22BrFN6O2. The number of hydrogen-bond donors (Lipinski definition) is 1. The van der Waals surface area contributed by atoms with Crippen LogP contribution in [0.5, 0.6) is 5.75 Å². The number of rotatable bonds is 5. The van der Waals surface area contributed by atoms with E-state index in [0.29, 0.717) is 39.3 Å². The molecule has 0 spiro atoms. The molecule has 1 aromatic carbocycles. The van der Waals surface area contributed by atoms with Crippen molar-refractivity contribution in [1.82, 2.24) is 19.7 Å². The van der Waals surface area contributed by atoms with Crippen LogP contribution in [0.25, 0.3) is 0 Å². The van der Waals surface area contributed by atoms with Crippen molar-refractivity contribution in [3.05, 3.63) is 69.3 Å². The fourth-order valence-electron chi connectivity index (χ4n) is 4.07. The minimum Gasteiger partial charge on any atom is -0.482 e. The molecule has 0 aliphatic carbocycles. The minimum atomic E-state index is -0.667. The number of carbonyl (C=O) groups is 1. The van der Waals surface area contributed by atoms with Gasteiger partial charge in [-0.25, -0.2) is 9.37 Å². The van der Waals surface area contributed by atoms with E-state index < -0.39 is 11.9 Å². The molecule has 2 atom stereocenters. The molecule has 1 saturated heterocycles. The molecule has 2 aromatic heterocycles. The van der Waals surface area contributed by atoms with Crippen molar-refractivity contribution in [2.75, 3.05) is 12.3 Å². The van der Waals surface area contributed by atoms with Crippen LogP contribution < -0.4 is 10.5 Å². The number of aryl methyl sites for hydroxylation is 1. The fraction of sp³-hybridized carbons (Fsp3) is 0.304. The third kappa shape index (κ3) is 4.54. The lowest BCUT2D eigenvalue weighted by atomic mass is 10.0. The molecular weight excluding hydrogens is 491 g/mol. The number of aromatic nitrogens is 3. The number of nitrogens with zero attached hydrogens (tertiary/aromatic N) is 5. The standard InChI is InChI=1S/C23H22BrFN6O2/c1-13(33-21-8-14(24)12-28-22(21)27)18-9-15(25)5-6-17(18)23(32)31-7-3-4-20(31)19-10-16(11-26)30(2)29-19/h5-6,8-10,12-13,20H,3-4,7H2,1-2H3,(H2,27,28). The number of amides is 1. The number of nitrogens with two attached hydrogens (primary N) is 1. The second-order valence-electron chi connectivity index (χ2n) is 7.87. The Morgan fingerprint density at radius 1 is 1.39 bits per heavy atom. The van der Waals surface area contributed by atoms with Crippen LogP contribution in [0.1, 0.15) is 59.2 Å². The zero-order chi connectivity index (χ0) is 23.7. The molecule has 3 heterocycles. The molecule has 1 amide bonds. The van der Waals surface area contributed by atoms with E-state index in [1.54, 1.807) is 37.2 Å². The van der Waals surface area contributed by atoms with Gasteiger partial charge in [0.25, 0.3) is 5.91 Å². The zero-order valence-corrected chi connectivity index (χ0v) is 19.7. The lowest BCUT2D eigenvalue weighted by Gasteiger charge is -2.26. The molecule has 4 rings (SSSR count). The molecule has 0 radical (unpaired) electrons. The number of likely N-dealkylation sites (tertiary alicyclic amines) is 1. The van der Waals surface area contributed by atoms with Crippen LogP contribution in [0, 0.1) is 17.1 Å². The van der Waals surface area contributed by atoms with Gasteiger partial charge in [0.05, 0.1) is 11.7 Å². The quantitative estimate of drug-likeness (QED) is 0.545. The average molecular weight is 513 g/mol. The Hall–Kier alpha value is -3.45. The summed E-state index contributed by atoms with van der Waals surface area (Å²) in [5.41, 5.74) is 7.75. The van der Waals surface area contributed by atoms with Gasteiger partial charge in [0.2, 0.25) is 0 Å². The number of halogens is 2. The summed E-state index contributed by atoms with van der Waals surface area (Å²) in [5, 5.41) is 13.7. The van der Waals surface area contributed by atoms with Gasteiger partial charge in [-0.1, -0.05) is 0 Å². The van der Waals surface area contributed by atoms with E-state index >= 15 is 0 Å². The van der Waals surface area contributed by atoms with Crippen LogP contribution in [-0.4, -0.2) is 32.1 Å². The highest BCUT2D eigenvalue weighted by atomic mass is 79.9. The summed E-state index contributed by atoms with van der Waals surface area (Å²) >= 11 is 3.33. The van der Waals surface area contributed by atoms with E-state index in [1.807, 2.05) is 0 Å². The van der Waals surface area contributed by atoms with Crippen LogP contribution in [0.4, 0.5) is 10.2 Å². The molecule has 2 unspecified atom stereocenters. The maximum Gasteiger partial charge on any atom is 0.254 e. The molecule has 33 heavy (non-hydrogen) atoms. The molecule has 8 nitrogen and oxygen atoms in total. The van der Waals surface area contributed by atoms with Gasteiger partial charge in [0.15, 0.2) is 11.6 Å². The summed E-state index contributed by atoms with van der Waals surface area (Å²) in [5.74, 6) is -0.195. The fourth-order valence-corrected chi connectivity index (χ4v) is 4.38. The summed E-state index contributed by atoms with van der Waals surface area (Å²) < 4.78 is 22.3. The number of carbonyl (C=O) groups excluding carboxylic acids is 1. The van der Waals surface area contributed by atoms with Gasteiger partial charge in [0.1, 0.15) is 23.7 Å². The van der Waals surface area contributed by atoms with Gasteiger partial charge < -0.3 is 15.4 Å². The molecule has 0 saturated carbocycles. The topological polar surface area (TPSA) is 110 Å². The summed E-state index contributed by atoms with van der Waals surface area (Å²) in [6.07, 6.45) is 2.42. The van der Waals surface area contributed by atoms with Crippen molar-refractivity contribution in [3.63, 3.8) is 0 Å². The predicted octanol–water partition coefficient (Wildman–Crippen LogP) is 4.29. The minimum absolute atomic E-state index is 0.192. The third-order valence-corrected chi connectivity index (χ3v) is 6.14. The second kappa shape index (κ2) is 9.19.